The van der Waals surface area contributed by atoms with Crippen molar-refractivity contribution in [1.82, 2.24) is 0 Å². The normalized spacial score (nSPS) is 9.00. The molecule has 0 bridgehead atoms. The number of hydrogen-bond donors (Lipinski definition) is 0. The van der Waals surface area contributed by atoms with Crippen LogP contribution in [0.1, 0.15) is 5.56 Å². The van der Waals surface area contributed by atoms with Crippen molar-refractivity contribution in [2.24, 2.45) is 0 Å². The molecule has 0 saturated heterocycles. The van der Waals surface area contributed by atoms with Crippen LogP contribution in [0.25, 0.3) is 0 Å². The summed E-state index contributed by atoms with van der Waals surface area (Å²) < 4.78 is 1.08. The molecule has 0 N–H and O–H groups in total. The molecule has 0 atom stereocenters. The summed E-state index contributed by atoms with van der Waals surface area (Å²) in [6, 6.07) is 7.84. The highest BCUT2D eigenvalue weighted by Gasteiger charge is 1.84. The summed E-state index contributed by atoms with van der Waals surface area (Å²) in [5.41, 5.74) is 1.03. The Morgan fingerprint density at radius 3 is 2.22 bits per heavy atom. The molecule has 45 valence electrons. The maximum atomic E-state index is 3.52. The van der Waals surface area contributed by atoms with Gasteiger partial charge in [0.15, 0.2) is 0 Å². The minimum Gasteiger partial charge on any atom is -0.0906 e. The van der Waals surface area contributed by atoms with Gasteiger partial charge >= 0.3 is 0 Å². The lowest BCUT2D eigenvalue weighted by atomic mass is 10.2. The zero-order valence-corrected chi connectivity index (χ0v) is 6.48. The van der Waals surface area contributed by atoms with Crippen LogP contribution in [-0.2, 0) is 0 Å². The smallest absolute Gasteiger partial charge is 0.0175 e. The molecule has 1 heteroatoms. The van der Waals surface area contributed by atoms with Gasteiger partial charge in [-0.3, -0.25) is 0 Å². The van der Waals surface area contributed by atoms with Crippen LogP contribution in [0, 0.1) is 6.08 Å². The molecule has 1 radical (unpaired) electrons. The van der Waals surface area contributed by atoms with Crippen molar-refractivity contribution in [2.75, 3.05) is 0 Å². The lowest BCUT2D eigenvalue weighted by Gasteiger charge is -1.89. The second kappa shape index (κ2) is 2.83. The van der Waals surface area contributed by atoms with E-state index in [1.807, 2.05) is 24.3 Å². The molecule has 0 aliphatic carbocycles. The van der Waals surface area contributed by atoms with E-state index in [0.29, 0.717) is 0 Å². The van der Waals surface area contributed by atoms with E-state index in [9.17, 15) is 0 Å². The lowest BCUT2D eigenvalue weighted by Crippen LogP contribution is -1.69. The number of benzene rings is 1. The molecule has 0 nitrogen and oxygen atoms in total. The average molecular weight is 182 g/mol. The lowest BCUT2D eigenvalue weighted by molar-refractivity contribution is 1.55. The average Bonchev–Trinajstić information content (AvgIpc) is 1.90. The number of halogens is 1. The molecule has 1 rings (SSSR count). The predicted octanol–water partition coefficient (Wildman–Crippen LogP) is 2.79. The SMILES string of the molecule is C=[C]c1ccc(Br)cc1. The van der Waals surface area contributed by atoms with E-state index in [1.54, 1.807) is 0 Å². The predicted molar refractivity (Wildman–Crippen MR) is 42.1 cm³/mol. The Labute approximate surface area is 63.3 Å². The summed E-state index contributed by atoms with van der Waals surface area (Å²) in [6.07, 6.45) is 2.78. The van der Waals surface area contributed by atoms with Gasteiger partial charge in [0, 0.05) is 4.47 Å². The van der Waals surface area contributed by atoms with Gasteiger partial charge in [-0.05, 0) is 23.8 Å². The Morgan fingerprint density at radius 1 is 1.22 bits per heavy atom. The van der Waals surface area contributed by atoms with Crippen molar-refractivity contribution < 1.29 is 0 Å². The third-order valence-corrected chi connectivity index (χ3v) is 1.58. The van der Waals surface area contributed by atoms with Crippen LogP contribution in [0.2, 0.25) is 0 Å². The van der Waals surface area contributed by atoms with Crippen LogP contribution < -0.4 is 0 Å². The maximum Gasteiger partial charge on any atom is 0.0175 e. The van der Waals surface area contributed by atoms with Crippen LogP contribution >= 0.6 is 15.9 Å². The van der Waals surface area contributed by atoms with Crippen LogP contribution in [-0.4, -0.2) is 0 Å². The first-order valence-corrected chi connectivity index (χ1v) is 3.41. The third kappa shape index (κ3) is 1.68. The van der Waals surface area contributed by atoms with E-state index in [-0.39, 0.29) is 0 Å². The van der Waals surface area contributed by atoms with Crippen molar-refractivity contribution in [3.05, 3.63) is 47.0 Å². The van der Waals surface area contributed by atoms with Crippen LogP contribution in [0.15, 0.2) is 35.3 Å². The number of hydrogen-bond acceptors (Lipinski definition) is 0. The zero-order valence-electron chi connectivity index (χ0n) is 4.89. The van der Waals surface area contributed by atoms with Gasteiger partial charge in [-0.15, -0.1) is 0 Å². The van der Waals surface area contributed by atoms with Crippen LogP contribution in [0.3, 0.4) is 0 Å². The molecular formula is C8H6Br. The first-order valence-electron chi connectivity index (χ1n) is 2.61. The molecule has 0 amide bonds. The first kappa shape index (κ1) is 6.56. The fourth-order valence-electron chi connectivity index (χ4n) is 0.568. The molecule has 0 spiro atoms. The fourth-order valence-corrected chi connectivity index (χ4v) is 0.832. The highest BCUT2D eigenvalue weighted by Crippen LogP contribution is 2.09. The highest BCUT2D eigenvalue weighted by molar-refractivity contribution is 9.10. The second-order valence-electron chi connectivity index (χ2n) is 1.68. The van der Waals surface area contributed by atoms with E-state index < -0.39 is 0 Å². The molecule has 0 heterocycles. The zero-order chi connectivity index (χ0) is 6.69. The van der Waals surface area contributed by atoms with Gasteiger partial charge in [-0.25, -0.2) is 0 Å². The standard InChI is InChI=1S/C8H6Br/c1-2-7-3-5-8(9)6-4-7/h3-6H,1H2. The van der Waals surface area contributed by atoms with Crippen LogP contribution in [0.4, 0.5) is 0 Å². The summed E-state index contributed by atoms with van der Waals surface area (Å²) in [4.78, 5) is 0. The van der Waals surface area contributed by atoms with E-state index >= 15 is 0 Å². The number of rotatable bonds is 1. The molecule has 0 aliphatic heterocycles. The van der Waals surface area contributed by atoms with Gasteiger partial charge in [0.2, 0.25) is 0 Å². The topological polar surface area (TPSA) is 0 Å². The van der Waals surface area contributed by atoms with Gasteiger partial charge in [-0.2, -0.15) is 0 Å². The second-order valence-corrected chi connectivity index (χ2v) is 2.60. The van der Waals surface area contributed by atoms with Gasteiger partial charge in [0.1, 0.15) is 0 Å². The van der Waals surface area contributed by atoms with Gasteiger partial charge < -0.3 is 0 Å². The van der Waals surface area contributed by atoms with Gasteiger partial charge in [0.05, 0.1) is 0 Å². The summed E-state index contributed by atoms with van der Waals surface area (Å²) in [5, 5.41) is 0. The minimum atomic E-state index is 1.03. The van der Waals surface area contributed by atoms with E-state index in [1.165, 1.54) is 0 Å². The summed E-state index contributed by atoms with van der Waals surface area (Å²) >= 11 is 3.33. The van der Waals surface area contributed by atoms with Crippen molar-refractivity contribution in [3.63, 3.8) is 0 Å². The van der Waals surface area contributed by atoms with Gasteiger partial charge in [0.25, 0.3) is 0 Å². The Kier molecular flexibility index (Phi) is 2.06. The Hall–Kier alpha value is -0.560. The Bertz CT molecular complexity index is 198. The molecule has 0 aromatic heterocycles. The highest BCUT2D eigenvalue weighted by atomic mass is 79.9. The molecule has 0 fully saturated rings. The summed E-state index contributed by atoms with van der Waals surface area (Å²) in [6.45, 7) is 3.52. The first-order chi connectivity index (χ1) is 4.33. The van der Waals surface area contributed by atoms with E-state index in [2.05, 4.69) is 28.6 Å². The van der Waals surface area contributed by atoms with Crippen molar-refractivity contribution in [1.29, 1.82) is 0 Å². The summed E-state index contributed by atoms with van der Waals surface area (Å²) in [7, 11) is 0. The largest absolute Gasteiger partial charge is 0.0906 e. The Balaban J connectivity index is 3.01. The molecule has 0 unspecified atom stereocenters. The maximum absolute atomic E-state index is 3.52. The molecule has 9 heavy (non-hydrogen) atoms. The molecule has 1 aromatic rings. The van der Waals surface area contributed by atoms with E-state index in [0.717, 1.165) is 10.0 Å². The summed E-state index contributed by atoms with van der Waals surface area (Å²) in [5.74, 6) is 0. The van der Waals surface area contributed by atoms with E-state index in [4.69, 9.17) is 0 Å². The quantitative estimate of drug-likeness (QED) is 0.626. The van der Waals surface area contributed by atoms with Crippen molar-refractivity contribution in [3.8, 4) is 0 Å². The molecule has 0 aliphatic rings. The fraction of sp³-hybridized carbons (Fsp3) is 0. The molecule has 1 aromatic carbocycles. The Morgan fingerprint density at radius 2 is 1.78 bits per heavy atom. The molecule has 0 saturated carbocycles. The van der Waals surface area contributed by atoms with Crippen molar-refractivity contribution in [2.45, 2.75) is 0 Å². The third-order valence-electron chi connectivity index (χ3n) is 1.05. The minimum absolute atomic E-state index is 1.03. The monoisotopic (exact) mass is 181 g/mol. The molecular weight excluding hydrogens is 176 g/mol. The van der Waals surface area contributed by atoms with Crippen molar-refractivity contribution >= 4 is 15.9 Å². The van der Waals surface area contributed by atoms with Crippen LogP contribution in [0.5, 0.6) is 0 Å². The van der Waals surface area contributed by atoms with Gasteiger partial charge in [-0.1, -0.05) is 34.6 Å².